The molecule has 43 heavy (non-hydrogen) atoms. The van der Waals surface area contributed by atoms with E-state index in [1.165, 1.54) is 11.3 Å². The van der Waals surface area contributed by atoms with Gasteiger partial charge in [0.1, 0.15) is 27.8 Å². The molecule has 0 saturated carbocycles. The number of para-hydroxylation sites is 1. The lowest BCUT2D eigenvalue weighted by Gasteiger charge is -2.37. The van der Waals surface area contributed by atoms with E-state index in [0.29, 0.717) is 54.0 Å². The molecule has 2 aromatic carbocycles. The third kappa shape index (κ3) is 7.94. The number of thiazole rings is 1. The molecule has 0 aliphatic carbocycles. The molecule has 5 rings (SSSR count). The number of nitrogens with zero attached hydrogens (tertiary/aromatic N) is 4. The van der Waals surface area contributed by atoms with Gasteiger partial charge < -0.3 is 24.4 Å². The second-order valence-corrected chi connectivity index (χ2v) is 12.0. The summed E-state index contributed by atoms with van der Waals surface area (Å²) in [6, 6.07) is 15.1. The van der Waals surface area contributed by atoms with E-state index in [-0.39, 0.29) is 24.4 Å². The number of ether oxygens (including phenoxy) is 3. The summed E-state index contributed by atoms with van der Waals surface area (Å²) in [7, 11) is 0. The van der Waals surface area contributed by atoms with Gasteiger partial charge in [-0.1, -0.05) is 18.2 Å². The van der Waals surface area contributed by atoms with E-state index in [9.17, 15) is 9.59 Å². The van der Waals surface area contributed by atoms with E-state index >= 15 is 0 Å². The molecule has 0 radical (unpaired) electrons. The fourth-order valence-corrected chi connectivity index (χ4v) is 5.59. The van der Waals surface area contributed by atoms with Crippen LogP contribution in [0.25, 0.3) is 10.6 Å². The molecular formula is C32H35N5O5S. The third-order valence-electron chi connectivity index (χ3n) is 6.71. The van der Waals surface area contributed by atoms with Gasteiger partial charge in [0.05, 0.1) is 36.5 Å². The summed E-state index contributed by atoms with van der Waals surface area (Å²) in [6.07, 6.45) is 3.81. The van der Waals surface area contributed by atoms with Gasteiger partial charge in [-0.25, -0.2) is 4.98 Å². The highest BCUT2D eigenvalue weighted by Crippen LogP contribution is 2.39. The van der Waals surface area contributed by atoms with Crippen molar-refractivity contribution in [3.05, 3.63) is 77.6 Å². The highest BCUT2D eigenvalue weighted by atomic mass is 32.1. The molecule has 224 valence electrons. The third-order valence-corrected chi connectivity index (χ3v) is 7.61. The van der Waals surface area contributed by atoms with Crippen molar-refractivity contribution in [2.45, 2.75) is 52.2 Å². The van der Waals surface area contributed by atoms with Gasteiger partial charge in [0.2, 0.25) is 0 Å². The lowest BCUT2D eigenvalue weighted by molar-refractivity contribution is -0.155. The van der Waals surface area contributed by atoms with Crippen LogP contribution in [-0.4, -0.2) is 58.5 Å². The van der Waals surface area contributed by atoms with E-state index in [1.807, 2.05) is 70.2 Å². The smallest absolute Gasteiger partial charge is 0.306 e. The Morgan fingerprint density at radius 2 is 1.93 bits per heavy atom. The molecule has 1 fully saturated rings. The first-order valence-electron chi connectivity index (χ1n) is 14.1. The predicted molar refractivity (Wildman–Crippen MR) is 166 cm³/mol. The molecule has 1 atom stereocenters. The molecule has 10 nitrogen and oxygen atoms in total. The number of rotatable bonds is 9. The maximum Gasteiger partial charge on any atom is 0.306 e. The first kappa shape index (κ1) is 30.1. The quantitative estimate of drug-likeness (QED) is 0.221. The van der Waals surface area contributed by atoms with Crippen LogP contribution >= 0.6 is 11.3 Å². The largest absolute Gasteiger partial charge is 0.460 e. The molecule has 2 aromatic heterocycles. The van der Waals surface area contributed by atoms with Gasteiger partial charge in [0.25, 0.3) is 5.91 Å². The van der Waals surface area contributed by atoms with Crippen molar-refractivity contribution in [2.75, 3.05) is 29.9 Å². The Kier molecular flexibility index (Phi) is 9.32. The fraction of sp³-hybridized carbons (Fsp3) is 0.344. The zero-order chi connectivity index (χ0) is 30.4. The molecule has 1 aliphatic rings. The van der Waals surface area contributed by atoms with Crippen LogP contribution in [-0.2, 0) is 14.3 Å². The van der Waals surface area contributed by atoms with E-state index in [4.69, 9.17) is 14.2 Å². The Hall–Kier alpha value is -4.35. The normalized spacial score (nSPS) is 15.2. The predicted octanol–water partition coefficient (Wildman–Crippen LogP) is 6.28. The van der Waals surface area contributed by atoms with Crippen molar-refractivity contribution < 1.29 is 23.8 Å². The second kappa shape index (κ2) is 13.3. The van der Waals surface area contributed by atoms with Crippen LogP contribution in [0.3, 0.4) is 0 Å². The minimum atomic E-state index is -0.535. The highest BCUT2D eigenvalue weighted by Gasteiger charge is 2.27. The molecular weight excluding hydrogens is 566 g/mol. The number of amides is 1. The number of hydrogen-bond donors (Lipinski definition) is 1. The number of anilines is 2. The molecule has 11 heteroatoms. The summed E-state index contributed by atoms with van der Waals surface area (Å²) in [5.41, 5.74) is 2.91. The Labute approximate surface area is 255 Å². The van der Waals surface area contributed by atoms with Crippen LogP contribution in [0.15, 0.2) is 66.3 Å². The number of benzene rings is 2. The summed E-state index contributed by atoms with van der Waals surface area (Å²) >= 11 is 1.37. The van der Waals surface area contributed by atoms with Crippen molar-refractivity contribution >= 4 is 34.6 Å². The number of esters is 1. The Morgan fingerprint density at radius 3 is 2.67 bits per heavy atom. The molecule has 1 amide bonds. The minimum absolute atomic E-state index is 0.182. The van der Waals surface area contributed by atoms with Gasteiger partial charge >= 0.3 is 5.97 Å². The van der Waals surface area contributed by atoms with Crippen LogP contribution in [0, 0.1) is 6.92 Å². The van der Waals surface area contributed by atoms with Crippen LogP contribution < -0.4 is 15.0 Å². The summed E-state index contributed by atoms with van der Waals surface area (Å²) in [5, 5.41) is 13.2. The van der Waals surface area contributed by atoms with Crippen molar-refractivity contribution in [1.82, 2.24) is 15.2 Å². The van der Waals surface area contributed by atoms with E-state index in [2.05, 4.69) is 25.4 Å². The standard InChI is InChI=1S/C32H35N5O5S/c1-21-27(41-23-8-6-5-7-9-23)12-11-25(35-30(39)26-20-43-31(36-26)22-14-15-33-34-18-22)29(21)37-16-17-40-24(19-37)10-13-28(38)42-32(2,3)4/h5-9,11-12,14-15,18,20,24H,10,13,16-17,19H2,1-4H3,(H,35,39)/t24-/m0/s1. The van der Waals surface area contributed by atoms with Crippen LogP contribution in [0.5, 0.6) is 11.5 Å². The summed E-state index contributed by atoms with van der Waals surface area (Å²) in [5.74, 6) is 0.820. The molecule has 1 N–H and O–H groups in total. The number of carbonyl (C=O) groups is 2. The molecule has 1 aliphatic heterocycles. The van der Waals surface area contributed by atoms with Crippen LogP contribution in [0.1, 0.15) is 49.7 Å². The maximum atomic E-state index is 13.4. The van der Waals surface area contributed by atoms with Crippen LogP contribution in [0.2, 0.25) is 0 Å². The van der Waals surface area contributed by atoms with Gasteiger partial charge in [-0.15, -0.1) is 11.3 Å². The molecule has 4 aromatic rings. The zero-order valence-corrected chi connectivity index (χ0v) is 25.5. The molecule has 0 unspecified atom stereocenters. The SMILES string of the molecule is Cc1c(Oc2ccccc2)ccc(NC(=O)c2csc(-c3ccnnc3)n2)c1N1CCO[C@@H](CCC(=O)OC(C)(C)C)C1. The number of hydrogen-bond acceptors (Lipinski definition) is 10. The molecule has 3 heterocycles. The second-order valence-electron chi connectivity index (χ2n) is 11.2. The van der Waals surface area contributed by atoms with Gasteiger partial charge in [-0.3, -0.25) is 9.59 Å². The number of nitrogens with one attached hydrogen (secondary N) is 1. The molecule has 1 saturated heterocycles. The van der Waals surface area contributed by atoms with Crippen molar-refractivity contribution in [2.24, 2.45) is 0 Å². The van der Waals surface area contributed by atoms with Crippen molar-refractivity contribution in [3.63, 3.8) is 0 Å². The van der Waals surface area contributed by atoms with E-state index < -0.39 is 5.60 Å². The lowest BCUT2D eigenvalue weighted by Crippen LogP contribution is -2.43. The number of aromatic nitrogens is 3. The Morgan fingerprint density at radius 1 is 1.12 bits per heavy atom. The number of carbonyl (C=O) groups excluding carboxylic acids is 2. The summed E-state index contributed by atoms with van der Waals surface area (Å²) in [4.78, 5) is 32.5. The lowest BCUT2D eigenvalue weighted by atomic mass is 10.1. The van der Waals surface area contributed by atoms with Gasteiger partial charge in [-0.2, -0.15) is 10.2 Å². The Bertz CT molecular complexity index is 1560. The highest BCUT2D eigenvalue weighted by molar-refractivity contribution is 7.13. The van der Waals surface area contributed by atoms with Gasteiger partial charge in [-0.05, 0) is 64.4 Å². The molecule has 0 spiro atoms. The monoisotopic (exact) mass is 601 g/mol. The van der Waals surface area contributed by atoms with Crippen LogP contribution in [0.4, 0.5) is 11.4 Å². The van der Waals surface area contributed by atoms with Gasteiger partial charge in [0.15, 0.2) is 0 Å². The minimum Gasteiger partial charge on any atom is -0.460 e. The molecule has 0 bridgehead atoms. The maximum absolute atomic E-state index is 13.4. The van der Waals surface area contributed by atoms with E-state index in [1.54, 1.807) is 23.8 Å². The van der Waals surface area contributed by atoms with Crippen molar-refractivity contribution in [3.8, 4) is 22.1 Å². The fourth-order valence-electron chi connectivity index (χ4n) is 4.80. The van der Waals surface area contributed by atoms with Crippen molar-refractivity contribution in [1.29, 1.82) is 0 Å². The Balaban J connectivity index is 1.39. The first-order valence-corrected chi connectivity index (χ1v) is 15.0. The number of morpholine rings is 1. The topological polar surface area (TPSA) is 116 Å². The summed E-state index contributed by atoms with van der Waals surface area (Å²) in [6.45, 7) is 9.17. The summed E-state index contributed by atoms with van der Waals surface area (Å²) < 4.78 is 17.7. The first-order chi connectivity index (χ1) is 20.7. The average Bonchev–Trinajstić information content (AvgIpc) is 3.49. The average molecular weight is 602 g/mol. The van der Waals surface area contributed by atoms with E-state index in [0.717, 1.165) is 16.8 Å². The van der Waals surface area contributed by atoms with Gasteiger partial charge in [0, 0.05) is 36.0 Å². The zero-order valence-electron chi connectivity index (χ0n) is 24.7.